The van der Waals surface area contributed by atoms with E-state index >= 15 is 0 Å². The Hall–Kier alpha value is -7.42. The quantitative estimate of drug-likeness (QED) is 0.161. The number of fused-ring (bicyclic) bond motifs is 10. The molecular weight excluding hydrogens is 689 g/mol. The zero-order valence-corrected chi connectivity index (χ0v) is 31.3. The molecule has 2 nitrogen and oxygen atoms in total. The largest absolute Gasteiger partial charge is 0.311 e. The lowest BCUT2D eigenvalue weighted by Gasteiger charge is -2.32. The van der Waals surface area contributed by atoms with Crippen molar-refractivity contribution in [3.05, 3.63) is 253 Å². The van der Waals surface area contributed by atoms with Gasteiger partial charge in [0.2, 0.25) is 0 Å². The fraction of sp³-hybridized carbons (Fsp3) is 0.0182. The predicted octanol–water partition coefficient (Wildman–Crippen LogP) is 14.6. The van der Waals surface area contributed by atoms with Gasteiger partial charge in [-0.3, -0.25) is 0 Å². The highest BCUT2D eigenvalue weighted by Gasteiger charge is 2.51. The maximum Gasteiger partial charge on any atom is 0.0726 e. The standard InChI is InChI=1S/C55H38N2/c1-4-16-41(17-5-1)56(42-18-6-2-7-19-42)44-32-28-39(29-33-44)40-30-34-45(35-31-40)57(43-20-8-3-9-21-43)46-36-37-50-49-24-12-15-27-53(49)55(54(50)38-46)51-25-13-10-22-47(51)48-23-11-14-26-52(48)55/h1-38H. The Balaban J connectivity index is 1.00. The summed E-state index contributed by atoms with van der Waals surface area (Å²) >= 11 is 0. The van der Waals surface area contributed by atoms with Crippen molar-refractivity contribution in [1.29, 1.82) is 0 Å². The molecule has 268 valence electrons. The van der Waals surface area contributed by atoms with Crippen LogP contribution in [-0.4, -0.2) is 0 Å². The summed E-state index contributed by atoms with van der Waals surface area (Å²) in [5, 5.41) is 0. The van der Waals surface area contributed by atoms with E-state index in [4.69, 9.17) is 0 Å². The van der Waals surface area contributed by atoms with Gasteiger partial charge < -0.3 is 9.80 Å². The maximum atomic E-state index is 2.46. The Kier molecular flexibility index (Phi) is 7.75. The van der Waals surface area contributed by atoms with E-state index in [1.807, 2.05) is 0 Å². The number of nitrogens with zero attached hydrogens (tertiary/aromatic N) is 2. The first-order valence-corrected chi connectivity index (χ1v) is 19.7. The Morgan fingerprint density at radius 3 is 0.930 bits per heavy atom. The van der Waals surface area contributed by atoms with Crippen molar-refractivity contribution in [2.75, 3.05) is 9.80 Å². The first-order chi connectivity index (χ1) is 28.3. The molecule has 0 aromatic heterocycles. The van der Waals surface area contributed by atoms with E-state index in [0.717, 1.165) is 34.1 Å². The van der Waals surface area contributed by atoms with Gasteiger partial charge in [-0.15, -0.1) is 0 Å². The van der Waals surface area contributed by atoms with Crippen LogP contribution in [0.2, 0.25) is 0 Å². The molecule has 0 atom stereocenters. The summed E-state index contributed by atoms with van der Waals surface area (Å²) in [7, 11) is 0. The third kappa shape index (κ3) is 5.18. The molecule has 9 aromatic carbocycles. The SMILES string of the molecule is c1ccc(N(c2ccccc2)c2ccc(-c3ccc(N(c4ccccc4)c4ccc5c(c4)C4(c6ccccc6-c6ccccc64)c4ccccc4-5)cc3)cc2)cc1. The molecule has 11 rings (SSSR count). The van der Waals surface area contributed by atoms with Crippen LogP contribution in [0.15, 0.2) is 231 Å². The molecule has 0 bridgehead atoms. The third-order valence-electron chi connectivity index (χ3n) is 11.9. The van der Waals surface area contributed by atoms with Gasteiger partial charge in [0.05, 0.1) is 5.41 Å². The molecule has 2 heteroatoms. The second-order valence-electron chi connectivity index (χ2n) is 14.9. The van der Waals surface area contributed by atoms with E-state index in [1.165, 1.54) is 55.6 Å². The fourth-order valence-electron chi connectivity index (χ4n) is 9.45. The first kappa shape index (κ1) is 33.0. The smallest absolute Gasteiger partial charge is 0.0726 e. The molecule has 0 saturated carbocycles. The Bertz CT molecular complexity index is 2780. The molecular formula is C55H38N2. The maximum absolute atomic E-state index is 2.46. The Morgan fingerprint density at radius 2 is 0.526 bits per heavy atom. The van der Waals surface area contributed by atoms with Gasteiger partial charge in [0, 0.05) is 34.1 Å². The molecule has 9 aromatic rings. The van der Waals surface area contributed by atoms with Gasteiger partial charge in [-0.05, 0) is 128 Å². The second kappa shape index (κ2) is 13.4. The average molecular weight is 727 g/mol. The molecule has 0 radical (unpaired) electrons. The predicted molar refractivity (Wildman–Crippen MR) is 238 cm³/mol. The summed E-state index contributed by atoms with van der Waals surface area (Å²) in [6.07, 6.45) is 0. The van der Waals surface area contributed by atoms with Crippen LogP contribution in [0.4, 0.5) is 34.1 Å². The molecule has 0 aliphatic heterocycles. The highest BCUT2D eigenvalue weighted by atomic mass is 15.1. The number of anilines is 6. The van der Waals surface area contributed by atoms with Gasteiger partial charge in [-0.1, -0.05) is 158 Å². The number of benzene rings is 9. The van der Waals surface area contributed by atoms with Gasteiger partial charge in [0.25, 0.3) is 0 Å². The summed E-state index contributed by atoms with van der Waals surface area (Å²) in [4.78, 5) is 4.70. The molecule has 2 aliphatic rings. The fourth-order valence-corrected chi connectivity index (χ4v) is 9.45. The highest BCUT2D eigenvalue weighted by molar-refractivity contribution is 5.96. The number of hydrogen-bond acceptors (Lipinski definition) is 2. The molecule has 0 heterocycles. The minimum Gasteiger partial charge on any atom is -0.311 e. The molecule has 0 saturated heterocycles. The molecule has 0 amide bonds. The van der Waals surface area contributed by atoms with Gasteiger partial charge in [0.1, 0.15) is 0 Å². The van der Waals surface area contributed by atoms with Crippen molar-refractivity contribution < 1.29 is 0 Å². The van der Waals surface area contributed by atoms with Crippen molar-refractivity contribution in [3.8, 4) is 33.4 Å². The van der Waals surface area contributed by atoms with Crippen molar-refractivity contribution in [1.82, 2.24) is 0 Å². The molecule has 0 fully saturated rings. The first-order valence-electron chi connectivity index (χ1n) is 19.7. The lowest BCUT2D eigenvalue weighted by molar-refractivity contribution is 0.793. The minimum atomic E-state index is -0.399. The Labute approximate surface area is 334 Å². The van der Waals surface area contributed by atoms with E-state index in [2.05, 4.69) is 240 Å². The van der Waals surface area contributed by atoms with Crippen LogP contribution >= 0.6 is 0 Å². The van der Waals surface area contributed by atoms with Crippen LogP contribution in [0.1, 0.15) is 22.3 Å². The summed E-state index contributed by atoms with van der Waals surface area (Å²) in [5.74, 6) is 0. The molecule has 2 aliphatic carbocycles. The van der Waals surface area contributed by atoms with E-state index in [9.17, 15) is 0 Å². The van der Waals surface area contributed by atoms with Crippen molar-refractivity contribution >= 4 is 34.1 Å². The van der Waals surface area contributed by atoms with Gasteiger partial charge in [0.15, 0.2) is 0 Å². The summed E-state index contributed by atoms with van der Waals surface area (Å²) in [6, 6.07) is 83.9. The van der Waals surface area contributed by atoms with Crippen molar-refractivity contribution in [2.24, 2.45) is 0 Å². The topological polar surface area (TPSA) is 6.48 Å². The van der Waals surface area contributed by atoms with Crippen LogP contribution < -0.4 is 9.80 Å². The van der Waals surface area contributed by atoms with Crippen LogP contribution in [0, 0.1) is 0 Å². The van der Waals surface area contributed by atoms with E-state index in [0.29, 0.717) is 0 Å². The summed E-state index contributed by atoms with van der Waals surface area (Å²) in [5.41, 5.74) is 19.3. The van der Waals surface area contributed by atoms with Crippen LogP contribution in [-0.2, 0) is 5.41 Å². The highest BCUT2D eigenvalue weighted by Crippen LogP contribution is 2.63. The van der Waals surface area contributed by atoms with Crippen LogP contribution in [0.5, 0.6) is 0 Å². The van der Waals surface area contributed by atoms with E-state index in [1.54, 1.807) is 0 Å². The monoisotopic (exact) mass is 726 g/mol. The summed E-state index contributed by atoms with van der Waals surface area (Å²) < 4.78 is 0. The number of para-hydroxylation sites is 3. The van der Waals surface area contributed by atoms with Crippen LogP contribution in [0.25, 0.3) is 33.4 Å². The van der Waals surface area contributed by atoms with Gasteiger partial charge in [-0.2, -0.15) is 0 Å². The third-order valence-corrected chi connectivity index (χ3v) is 11.9. The molecule has 57 heavy (non-hydrogen) atoms. The minimum absolute atomic E-state index is 0.399. The zero-order valence-electron chi connectivity index (χ0n) is 31.3. The van der Waals surface area contributed by atoms with Crippen LogP contribution in [0.3, 0.4) is 0 Å². The van der Waals surface area contributed by atoms with E-state index < -0.39 is 5.41 Å². The van der Waals surface area contributed by atoms with Gasteiger partial charge >= 0.3 is 0 Å². The zero-order chi connectivity index (χ0) is 37.8. The van der Waals surface area contributed by atoms with Gasteiger partial charge in [-0.25, -0.2) is 0 Å². The number of rotatable bonds is 7. The lowest BCUT2D eigenvalue weighted by Crippen LogP contribution is -2.26. The molecule has 0 unspecified atom stereocenters. The Morgan fingerprint density at radius 1 is 0.228 bits per heavy atom. The lowest BCUT2D eigenvalue weighted by atomic mass is 9.70. The average Bonchev–Trinajstić information content (AvgIpc) is 3.75. The summed E-state index contributed by atoms with van der Waals surface area (Å²) in [6.45, 7) is 0. The molecule has 1 spiro atoms. The van der Waals surface area contributed by atoms with Crippen molar-refractivity contribution in [2.45, 2.75) is 5.41 Å². The van der Waals surface area contributed by atoms with E-state index in [-0.39, 0.29) is 0 Å². The second-order valence-corrected chi connectivity index (χ2v) is 14.9. The molecule has 0 N–H and O–H groups in total. The number of hydrogen-bond donors (Lipinski definition) is 0. The van der Waals surface area contributed by atoms with Crippen molar-refractivity contribution in [3.63, 3.8) is 0 Å². The normalized spacial score (nSPS) is 12.7.